The lowest BCUT2D eigenvalue weighted by atomic mass is 10.1. The molecular formula is C20H24N4O3S. The van der Waals surface area contributed by atoms with Gasteiger partial charge in [-0.3, -0.25) is 4.79 Å². The van der Waals surface area contributed by atoms with Gasteiger partial charge in [0, 0.05) is 20.0 Å². The molecule has 0 spiro atoms. The number of carbonyl (C=O) groups is 1. The van der Waals surface area contributed by atoms with E-state index in [0.717, 1.165) is 28.0 Å². The molecule has 2 N–H and O–H groups in total. The highest BCUT2D eigenvalue weighted by molar-refractivity contribution is 7.89. The fourth-order valence-corrected chi connectivity index (χ4v) is 4.00. The van der Waals surface area contributed by atoms with Gasteiger partial charge < -0.3 is 9.88 Å². The third kappa shape index (κ3) is 4.40. The molecule has 0 radical (unpaired) electrons. The molecule has 7 nitrogen and oxygen atoms in total. The van der Waals surface area contributed by atoms with Crippen LogP contribution in [0.25, 0.3) is 11.0 Å². The number of aromatic nitrogens is 2. The maximum Gasteiger partial charge on any atom is 0.240 e. The van der Waals surface area contributed by atoms with E-state index in [1.807, 2.05) is 49.7 Å². The highest BCUT2D eigenvalue weighted by Crippen LogP contribution is 2.15. The zero-order chi connectivity index (χ0) is 20.3. The van der Waals surface area contributed by atoms with Crippen molar-refractivity contribution < 1.29 is 13.2 Å². The molecule has 1 amide bonds. The summed E-state index contributed by atoms with van der Waals surface area (Å²) >= 11 is 0. The van der Waals surface area contributed by atoms with E-state index < -0.39 is 10.0 Å². The molecule has 2 aromatic carbocycles. The number of imidazole rings is 1. The topological polar surface area (TPSA) is 93.1 Å². The van der Waals surface area contributed by atoms with Crippen LogP contribution in [0.5, 0.6) is 0 Å². The van der Waals surface area contributed by atoms with E-state index in [9.17, 15) is 13.2 Å². The first-order valence-corrected chi connectivity index (χ1v) is 10.5. The molecule has 1 aromatic heterocycles. The van der Waals surface area contributed by atoms with E-state index in [2.05, 4.69) is 15.0 Å². The summed E-state index contributed by atoms with van der Waals surface area (Å²) in [5.74, 6) is 0.500. The molecule has 0 saturated heterocycles. The number of hydrogen-bond acceptors (Lipinski definition) is 4. The Balaban J connectivity index is 1.52. The number of hydrogen-bond donors (Lipinski definition) is 2. The van der Waals surface area contributed by atoms with Crippen LogP contribution < -0.4 is 10.0 Å². The summed E-state index contributed by atoms with van der Waals surface area (Å²) < 4.78 is 29.1. The molecule has 0 aliphatic heterocycles. The number of sulfonamides is 1. The van der Waals surface area contributed by atoms with Crippen molar-refractivity contribution >= 4 is 27.0 Å². The normalized spacial score (nSPS) is 11.7. The predicted octanol–water partition coefficient (Wildman–Crippen LogP) is 2.17. The van der Waals surface area contributed by atoms with Crippen molar-refractivity contribution in [1.82, 2.24) is 19.6 Å². The second kappa shape index (κ2) is 8.12. The number of rotatable bonds is 7. The van der Waals surface area contributed by atoms with Gasteiger partial charge in [-0.25, -0.2) is 18.1 Å². The molecule has 0 bridgehead atoms. The van der Waals surface area contributed by atoms with Crippen molar-refractivity contribution in [2.24, 2.45) is 7.05 Å². The van der Waals surface area contributed by atoms with E-state index in [1.54, 1.807) is 18.2 Å². The molecule has 28 heavy (non-hydrogen) atoms. The lowest BCUT2D eigenvalue weighted by Gasteiger charge is -2.09. The summed E-state index contributed by atoms with van der Waals surface area (Å²) in [5, 5.41) is 2.79. The van der Waals surface area contributed by atoms with Gasteiger partial charge in [0.15, 0.2) is 0 Å². The van der Waals surface area contributed by atoms with Gasteiger partial charge in [0.25, 0.3) is 0 Å². The minimum atomic E-state index is -3.63. The van der Waals surface area contributed by atoms with Crippen LogP contribution in [0.15, 0.2) is 47.4 Å². The molecule has 0 atom stereocenters. The predicted molar refractivity (Wildman–Crippen MR) is 108 cm³/mol. The average Bonchev–Trinajstić information content (AvgIpc) is 2.98. The maximum atomic E-state index is 12.3. The van der Waals surface area contributed by atoms with Crippen LogP contribution in [0.4, 0.5) is 0 Å². The van der Waals surface area contributed by atoms with Crippen molar-refractivity contribution in [3.8, 4) is 0 Å². The average molecular weight is 401 g/mol. The van der Waals surface area contributed by atoms with E-state index in [0.29, 0.717) is 0 Å². The van der Waals surface area contributed by atoms with Crippen LogP contribution in [0.1, 0.15) is 23.4 Å². The number of para-hydroxylation sites is 2. The molecule has 0 unspecified atom stereocenters. The lowest BCUT2D eigenvalue weighted by Crippen LogP contribution is -2.31. The fourth-order valence-electron chi connectivity index (χ4n) is 2.88. The third-order valence-corrected chi connectivity index (χ3v) is 6.21. The third-order valence-electron chi connectivity index (χ3n) is 4.76. The summed E-state index contributed by atoms with van der Waals surface area (Å²) in [4.78, 5) is 16.8. The Labute approximate surface area is 164 Å². The number of nitrogens with one attached hydrogen (secondary N) is 2. The van der Waals surface area contributed by atoms with E-state index in [-0.39, 0.29) is 30.3 Å². The Morgan fingerprint density at radius 1 is 1.11 bits per heavy atom. The second-order valence-corrected chi connectivity index (χ2v) is 8.51. The molecule has 0 saturated carbocycles. The summed E-state index contributed by atoms with van der Waals surface area (Å²) in [6.07, 6.45) is 0.0496. The zero-order valence-corrected chi connectivity index (χ0v) is 17.0. The number of amides is 1. The number of nitrogens with zero attached hydrogens (tertiary/aromatic N) is 2. The maximum absolute atomic E-state index is 12.3. The van der Waals surface area contributed by atoms with Crippen LogP contribution >= 0.6 is 0 Å². The number of benzene rings is 2. The van der Waals surface area contributed by atoms with Crippen molar-refractivity contribution in [2.45, 2.75) is 31.7 Å². The Kier molecular flexibility index (Phi) is 5.81. The monoisotopic (exact) mass is 400 g/mol. The first-order chi connectivity index (χ1) is 13.3. The highest BCUT2D eigenvalue weighted by atomic mass is 32.2. The van der Waals surface area contributed by atoms with Gasteiger partial charge in [0.05, 0.1) is 22.5 Å². The zero-order valence-electron chi connectivity index (χ0n) is 16.2. The number of fused-ring (bicyclic) bond motifs is 1. The molecule has 148 valence electrons. The van der Waals surface area contributed by atoms with Gasteiger partial charge >= 0.3 is 0 Å². The Hall–Kier alpha value is -2.71. The molecule has 1 heterocycles. The van der Waals surface area contributed by atoms with Gasteiger partial charge in [-0.15, -0.1) is 0 Å². The number of aryl methyl sites for hydroxylation is 3. The minimum absolute atomic E-state index is 0.0314. The SMILES string of the molecule is Cc1ccc(S(=O)(=O)NCCC(=O)NCc2nc3ccccc3n2C)cc1C. The first kappa shape index (κ1) is 20.0. The molecule has 0 aliphatic carbocycles. The lowest BCUT2D eigenvalue weighted by molar-refractivity contribution is -0.121. The molecular weight excluding hydrogens is 376 g/mol. The minimum Gasteiger partial charge on any atom is -0.349 e. The molecule has 0 fully saturated rings. The standard InChI is InChI=1S/C20H24N4O3S/c1-14-8-9-16(12-15(14)2)28(26,27)22-11-10-20(25)21-13-19-23-17-6-4-5-7-18(17)24(19)3/h4-9,12,22H,10-11,13H2,1-3H3,(H,21,25). The molecule has 0 aliphatic rings. The van der Waals surface area contributed by atoms with Crippen LogP contribution in [0.3, 0.4) is 0 Å². The summed E-state index contributed by atoms with van der Waals surface area (Å²) in [6, 6.07) is 12.7. The van der Waals surface area contributed by atoms with Crippen molar-refractivity contribution in [2.75, 3.05) is 6.54 Å². The number of carbonyl (C=O) groups excluding carboxylic acids is 1. The van der Waals surface area contributed by atoms with Crippen LogP contribution in [0, 0.1) is 13.8 Å². The molecule has 3 aromatic rings. The Morgan fingerprint density at radius 3 is 2.57 bits per heavy atom. The summed E-state index contributed by atoms with van der Waals surface area (Å²) in [5.41, 5.74) is 3.80. The summed E-state index contributed by atoms with van der Waals surface area (Å²) in [7, 11) is -1.74. The van der Waals surface area contributed by atoms with Crippen molar-refractivity contribution in [3.63, 3.8) is 0 Å². The van der Waals surface area contributed by atoms with Crippen LogP contribution in [-0.4, -0.2) is 30.4 Å². The quantitative estimate of drug-likeness (QED) is 0.636. The van der Waals surface area contributed by atoms with E-state index in [1.165, 1.54) is 0 Å². The first-order valence-electron chi connectivity index (χ1n) is 9.02. The van der Waals surface area contributed by atoms with Gasteiger partial charge in [0.1, 0.15) is 5.82 Å². The van der Waals surface area contributed by atoms with Gasteiger partial charge in [-0.2, -0.15) is 0 Å². The highest BCUT2D eigenvalue weighted by Gasteiger charge is 2.15. The second-order valence-electron chi connectivity index (χ2n) is 6.75. The smallest absolute Gasteiger partial charge is 0.240 e. The largest absolute Gasteiger partial charge is 0.349 e. The van der Waals surface area contributed by atoms with Gasteiger partial charge in [-0.1, -0.05) is 18.2 Å². The van der Waals surface area contributed by atoms with Crippen LogP contribution in [-0.2, 0) is 28.4 Å². The molecule has 3 rings (SSSR count). The van der Waals surface area contributed by atoms with Crippen molar-refractivity contribution in [1.29, 1.82) is 0 Å². The fraction of sp³-hybridized carbons (Fsp3) is 0.300. The Bertz CT molecular complexity index is 1120. The van der Waals surface area contributed by atoms with E-state index in [4.69, 9.17) is 0 Å². The summed E-state index contributed by atoms with van der Waals surface area (Å²) in [6.45, 7) is 4.11. The van der Waals surface area contributed by atoms with Crippen molar-refractivity contribution in [3.05, 3.63) is 59.4 Å². The van der Waals surface area contributed by atoms with Gasteiger partial charge in [-0.05, 0) is 49.2 Å². The van der Waals surface area contributed by atoms with Gasteiger partial charge in [0.2, 0.25) is 15.9 Å². The van der Waals surface area contributed by atoms with E-state index >= 15 is 0 Å². The molecule has 8 heteroatoms. The Morgan fingerprint density at radius 2 is 1.86 bits per heavy atom. The van der Waals surface area contributed by atoms with Crippen LogP contribution in [0.2, 0.25) is 0 Å².